The lowest BCUT2D eigenvalue weighted by molar-refractivity contribution is 0.149. The van der Waals surface area contributed by atoms with E-state index in [-0.39, 0.29) is 12.1 Å². The molecule has 1 amide bonds. The van der Waals surface area contributed by atoms with Crippen molar-refractivity contribution in [3.05, 3.63) is 70.9 Å². The molecule has 5 heteroatoms. The maximum Gasteiger partial charge on any atom is 0.346 e. The molecule has 1 aromatic heterocycles. The Balaban J connectivity index is 1.58. The van der Waals surface area contributed by atoms with Crippen LogP contribution in [0.15, 0.2) is 48.7 Å². The normalized spacial score (nSPS) is 16.8. The standard InChI is InChI=1S/C24H28N4O/c1-17-13-18(2)23(19(3)14-17)22-16-28(26-25-22)24(29)27-12-8-7-11-21(27)15-20-9-5-4-6-10-20/h4-6,9-10,13-14,16,21H,7-8,11-12,15H2,1-3H3. The van der Waals surface area contributed by atoms with E-state index in [4.69, 9.17) is 0 Å². The fraction of sp³-hybridized carbons (Fsp3) is 0.375. The van der Waals surface area contributed by atoms with Gasteiger partial charge >= 0.3 is 6.03 Å². The SMILES string of the molecule is Cc1cc(C)c(-c2cn(C(=O)N3CCCCC3Cc3ccccc3)nn2)c(C)c1. The van der Waals surface area contributed by atoms with E-state index in [1.54, 1.807) is 6.20 Å². The summed E-state index contributed by atoms with van der Waals surface area (Å²) in [4.78, 5) is 15.2. The largest absolute Gasteiger partial charge is 0.346 e. The Kier molecular flexibility index (Phi) is 5.47. The first-order chi connectivity index (χ1) is 14.0. The van der Waals surface area contributed by atoms with Gasteiger partial charge in [0.2, 0.25) is 0 Å². The van der Waals surface area contributed by atoms with Gasteiger partial charge in [-0.05, 0) is 63.1 Å². The molecule has 0 aliphatic carbocycles. The highest BCUT2D eigenvalue weighted by Crippen LogP contribution is 2.27. The van der Waals surface area contributed by atoms with Crippen LogP contribution < -0.4 is 0 Å². The van der Waals surface area contributed by atoms with Crippen molar-refractivity contribution < 1.29 is 4.79 Å². The molecule has 1 fully saturated rings. The van der Waals surface area contributed by atoms with Crippen LogP contribution in [0.5, 0.6) is 0 Å². The number of carbonyl (C=O) groups excluding carboxylic acids is 1. The molecule has 1 aliphatic heterocycles. The first kappa shape index (κ1) is 19.4. The summed E-state index contributed by atoms with van der Waals surface area (Å²) in [5, 5.41) is 8.52. The predicted octanol–water partition coefficient (Wildman–Crippen LogP) is 4.94. The highest BCUT2D eigenvalue weighted by molar-refractivity contribution is 5.78. The van der Waals surface area contributed by atoms with Crippen LogP contribution in [0.4, 0.5) is 4.79 Å². The van der Waals surface area contributed by atoms with E-state index in [1.165, 1.54) is 15.8 Å². The second-order valence-corrected chi connectivity index (χ2v) is 8.14. The van der Waals surface area contributed by atoms with E-state index >= 15 is 0 Å². The lowest BCUT2D eigenvalue weighted by Crippen LogP contribution is -2.46. The fourth-order valence-electron chi connectivity index (χ4n) is 4.54. The van der Waals surface area contributed by atoms with Gasteiger partial charge in [0, 0.05) is 18.2 Å². The van der Waals surface area contributed by atoms with Gasteiger partial charge in [0.05, 0.1) is 6.20 Å². The summed E-state index contributed by atoms with van der Waals surface area (Å²) in [5.74, 6) is 0. The van der Waals surface area contributed by atoms with Crippen molar-refractivity contribution in [1.29, 1.82) is 0 Å². The first-order valence-electron chi connectivity index (χ1n) is 10.4. The van der Waals surface area contributed by atoms with Crippen LogP contribution >= 0.6 is 0 Å². The highest BCUT2D eigenvalue weighted by Gasteiger charge is 2.28. The first-order valence-corrected chi connectivity index (χ1v) is 10.4. The zero-order valence-corrected chi connectivity index (χ0v) is 17.4. The van der Waals surface area contributed by atoms with E-state index < -0.39 is 0 Å². The zero-order valence-electron chi connectivity index (χ0n) is 17.4. The molecule has 5 nitrogen and oxygen atoms in total. The number of likely N-dealkylation sites (tertiary alicyclic amines) is 1. The molecule has 0 saturated carbocycles. The summed E-state index contributed by atoms with van der Waals surface area (Å²) in [5.41, 5.74) is 6.62. The Morgan fingerprint density at radius 2 is 1.79 bits per heavy atom. The van der Waals surface area contributed by atoms with Gasteiger partial charge in [-0.2, -0.15) is 4.68 Å². The maximum atomic E-state index is 13.3. The summed E-state index contributed by atoms with van der Waals surface area (Å²) in [6, 6.07) is 14.8. The Hall–Kier alpha value is -2.95. The zero-order chi connectivity index (χ0) is 20.4. The summed E-state index contributed by atoms with van der Waals surface area (Å²) in [6.45, 7) is 7.02. The second-order valence-electron chi connectivity index (χ2n) is 8.14. The van der Waals surface area contributed by atoms with Crippen molar-refractivity contribution in [1.82, 2.24) is 19.9 Å². The number of carbonyl (C=O) groups is 1. The fourth-order valence-corrected chi connectivity index (χ4v) is 4.54. The third kappa shape index (κ3) is 4.09. The van der Waals surface area contributed by atoms with Gasteiger partial charge in [-0.25, -0.2) is 4.79 Å². The van der Waals surface area contributed by atoms with Gasteiger partial charge in [-0.15, -0.1) is 5.10 Å². The number of hydrogen-bond donors (Lipinski definition) is 0. The van der Waals surface area contributed by atoms with Crippen LogP contribution in [0.2, 0.25) is 0 Å². The molecule has 1 atom stereocenters. The van der Waals surface area contributed by atoms with Gasteiger partial charge in [0.1, 0.15) is 5.69 Å². The molecule has 4 rings (SSSR count). The molecule has 0 N–H and O–H groups in total. The van der Waals surface area contributed by atoms with E-state index in [0.29, 0.717) is 0 Å². The molecule has 150 valence electrons. The number of aryl methyl sites for hydroxylation is 3. The van der Waals surface area contributed by atoms with E-state index in [1.807, 2.05) is 11.0 Å². The number of aromatic nitrogens is 3. The molecule has 2 heterocycles. The van der Waals surface area contributed by atoms with Gasteiger partial charge < -0.3 is 4.90 Å². The number of hydrogen-bond acceptors (Lipinski definition) is 3. The van der Waals surface area contributed by atoms with Crippen LogP contribution in [-0.4, -0.2) is 38.5 Å². The Labute approximate surface area is 172 Å². The quantitative estimate of drug-likeness (QED) is 0.639. The van der Waals surface area contributed by atoms with Crippen molar-refractivity contribution in [2.75, 3.05) is 6.54 Å². The lowest BCUT2D eigenvalue weighted by Gasteiger charge is -2.35. The van der Waals surface area contributed by atoms with Crippen molar-refractivity contribution in [2.45, 2.75) is 52.5 Å². The Bertz CT molecular complexity index is 986. The minimum absolute atomic E-state index is 0.0770. The van der Waals surface area contributed by atoms with Crippen molar-refractivity contribution >= 4 is 6.03 Å². The molecule has 1 unspecified atom stereocenters. The maximum absolute atomic E-state index is 13.3. The molecule has 3 aromatic rings. The molecule has 0 radical (unpaired) electrons. The van der Waals surface area contributed by atoms with Crippen LogP contribution in [0.25, 0.3) is 11.3 Å². The third-order valence-corrected chi connectivity index (χ3v) is 5.81. The molecule has 29 heavy (non-hydrogen) atoms. The molecule has 1 aliphatic rings. The lowest BCUT2D eigenvalue weighted by atomic mass is 9.96. The van der Waals surface area contributed by atoms with E-state index in [0.717, 1.165) is 54.6 Å². The average Bonchev–Trinajstić information content (AvgIpc) is 3.17. The second kappa shape index (κ2) is 8.19. The number of rotatable bonds is 3. The molecular weight excluding hydrogens is 360 g/mol. The minimum Gasteiger partial charge on any atom is -0.320 e. The number of piperidine rings is 1. The molecule has 0 spiro atoms. The van der Waals surface area contributed by atoms with Crippen LogP contribution in [-0.2, 0) is 6.42 Å². The van der Waals surface area contributed by atoms with Gasteiger partial charge in [0.15, 0.2) is 0 Å². The number of nitrogens with zero attached hydrogens (tertiary/aromatic N) is 4. The summed E-state index contributed by atoms with van der Waals surface area (Å²) in [6.07, 6.45) is 5.88. The van der Waals surface area contributed by atoms with Gasteiger partial charge in [-0.3, -0.25) is 0 Å². The van der Waals surface area contributed by atoms with Crippen LogP contribution in [0.3, 0.4) is 0 Å². The molecule has 1 saturated heterocycles. The third-order valence-electron chi connectivity index (χ3n) is 5.81. The predicted molar refractivity (Wildman–Crippen MR) is 115 cm³/mol. The molecular formula is C24H28N4O. The van der Waals surface area contributed by atoms with E-state index in [9.17, 15) is 4.79 Å². The minimum atomic E-state index is -0.0770. The number of amides is 1. The van der Waals surface area contributed by atoms with Gasteiger partial charge in [0.25, 0.3) is 0 Å². The summed E-state index contributed by atoms with van der Waals surface area (Å²) >= 11 is 0. The van der Waals surface area contributed by atoms with Crippen LogP contribution in [0.1, 0.15) is 41.5 Å². The van der Waals surface area contributed by atoms with Crippen molar-refractivity contribution in [3.8, 4) is 11.3 Å². The van der Waals surface area contributed by atoms with Gasteiger partial charge in [-0.1, -0.05) is 53.2 Å². The Morgan fingerprint density at radius 1 is 1.07 bits per heavy atom. The smallest absolute Gasteiger partial charge is 0.320 e. The average molecular weight is 389 g/mol. The van der Waals surface area contributed by atoms with Crippen molar-refractivity contribution in [2.24, 2.45) is 0 Å². The van der Waals surface area contributed by atoms with Crippen molar-refractivity contribution in [3.63, 3.8) is 0 Å². The Morgan fingerprint density at radius 3 is 2.52 bits per heavy atom. The molecule has 0 bridgehead atoms. The monoisotopic (exact) mass is 388 g/mol. The molecule has 2 aromatic carbocycles. The summed E-state index contributed by atoms with van der Waals surface area (Å²) in [7, 11) is 0. The summed E-state index contributed by atoms with van der Waals surface area (Å²) < 4.78 is 1.41. The van der Waals surface area contributed by atoms with Crippen LogP contribution in [0, 0.1) is 20.8 Å². The van der Waals surface area contributed by atoms with E-state index in [2.05, 4.69) is 67.5 Å². The highest BCUT2D eigenvalue weighted by atomic mass is 16.2. The topological polar surface area (TPSA) is 51.0 Å². The number of benzene rings is 2.